The number of piperazine rings is 1. The van der Waals surface area contributed by atoms with Crippen molar-refractivity contribution in [3.63, 3.8) is 0 Å². The Balaban J connectivity index is 1.20. The molecule has 8 nitrogen and oxygen atoms in total. The zero-order valence-corrected chi connectivity index (χ0v) is 19.0. The Hall–Kier alpha value is -3.55. The van der Waals surface area contributed by atoms with Crippen molar-refractivity contribution in [1.29, 1.82) is 0 Å². The smallest absolute Gasteiger partial charge is 0.254 e. The molecule has 33 heavy (non-hydrogen) atoms. The monoisotopic (exact) mass is 448 g/mol. The second-order valence-corrected chi connectivity index (χ2v) is 8.48. The summed E-state index contributed by atoms with van der Waals surface area (Å²) in [4.78, 5) is 21.7. The highest BCUT2D eigenvalue weighted by atomic mass is 16.5. The number of rotatable bonds is 6. The summed E-state index contributed by atoms with van der Waals surface area (Å²) in [5.74, 6) is 3.02. The third-order valence-corrected chi connectivity index (χ3v) is 6.58. The van der Waals surface area contributed by atoms with Crippen molar-refractivity contribution in [3.8, 4) is 22.9 Å². The van der Waals surface area contributed by atoms with Gasteiger partial charge in [-0.05, 0) is 55.3 Å². The molecule has 1 aromatic heterocycles. The van der Waals surface area contributed by atoms with Crippen LogP contribution in [0.5, 0.6) is 11.5 Å². The highest BCUT2D eigenvalue weighted by Gasteiger charge is 2.26. The molecule has 8 heteroatoms. The van der Waals surface area contributed by atoms with E-state index in [2.05, 4.69) is 27.2 Å². The summed E-state index contributed by atoms with van der Waals surface area (Å²) in [6.45, 7) is 2.86. The molecule has 0 bridgehead atoms. The van der Waals surface area contributed by atoms with Gasteiger partial charge in [-0.1, -0.05) is 11.6 Å². The van der Waals surface area contributed by atoms with Crippen molar-refractivity contribution in [3.05, 3.63) is 53.9 Å². The normalized spacial score (nSPS) is 16.4. The molecule has 0 N–H and O–H groups in total. The van der Waals surface area contributed by atoms with E-state index < -0.39 is 0 Å². The fourth-order valence-corrected chi connectivity index (χ4v) is 4.31. The first-order valence-electron chi connectivity index (χ1n) is 11.4. The van der Waals surface area contributed by atoms with E-state index >= 15 is 0 Å². The predicted molar refractivity (Wildman–Crippen MR) is 124 cm³/mol. The molecule has 0 atom stereocenters. The maximum Gasteiger partial charge on any atom is 0.254 e. The Morgan fingerprint density at radius 2 is 1.70 bits per heavy atom. The highest BCUT2D eigenvalue weighted by molar-refractivity contribution is 5.95. The van der Waals surface area contributed by atoms with Gasteiger partial charge in [0.05, 0.1) is 14.2 Å². The van der Waals surface area contributed by atoms with Crippen LogP contribution in [0.2, 0.25) is 0 Å². The maximum absolute atomic E-state index is 13.0. The molecule has 2 fully saturated rings. The summed E-state index contributed by atoms with van der Waals surface area (Å²) in [7, 11) is 3.15. The van der Waals surface area contributed by atoms with Gasteiger partial charge >= 0.3 is 0 Å². The number of hydrogen-bond acceptors (Lipinski definition) is 7. The number of aromatic nitrogens is 2. The summed E-state index contributed by atoms with van der Waals surface area (Å²) >= 11 is 0. The fourth-order valence-electron chi connectivity index (χ4n) is 4.31. The molecule has 1 saturated heterocycles. The zero-order valence-electron chi connectivity index (χ0n) is 19.0. The first-order chi connectivity index (χ1) is 16.2. The van der Waals surface area contributed by atoms with E-state index in [1.54, 1.807) is 32.4 Å². The lowest BCUT2D eigenvalue weighted by Crippen LogP contribution is -2.48. The third kappa shape index (κ3) is 4.25. The van der Waals surface area contributed by atoms with Crippen LogP contribution in [-0.4, -0.2) is 61.3 Å². The first-order valence-corrected chi connectivity index (χ1v) is 11.4. The van der Waals surface area contributed by atoms with Crippen LogP contribution in [0.3, 0.4) is 0 Å². The number of carbonyl (C=O) groups is 1. The Kier molecular flexibility index (Phi) is 5.90. The van der Waals surface area contributed by atoms with E-state index in [4.69, 9.17) is 14.0 Å². The molecule has 172 valence electrons. The van der Waals surface area contributed by atoms with E-state index in [9.17, 15) is 4.79 Å². The molecule has 2 heterocycles. The van der Waals surface area contributed by atoms with Crippen molar-refractivity contribution < 1.29 is 18.8 Å². The van der Waals surface area contributed by atoms with E-state index in [1.165, 1.54) is 6.42 Å². The van der Waals surface area contributed by atoms with Gasteiger partial charge in [0, 0.05) is 48.9 Å². The van der Waals surface area contributed by atoms with Gasteiger partial charge in [0.25, 0.3) is 5.91 Å². The maximum atomic E-state index is 13.0. The lowest BCUT2D eigenvalue weighted by Gasteiger charge is -2.36. The van der Waals surface area contributed by atoms with Gasteiger partial charge in [-0.3, -0.25) is 4.79 Å². The minimum absolute atomic E-state index is 0.00493. The number of amides is 1. The number of benzene rings is 2. The largest absolute Gasteiger partial charge is 0.493 e. The van der Waals surface area contributed by atoms with Gasteiger partial charge in [0.2, 0.25) is 11.7 Å². The molecular weight excluding hydrogens is 420 g/mol. The van der Waals surface area contributed by atoms with Gasteiger partial charge in [-0.15, -0.1) is 0 Å². The quantitative estimate of drug-likeness (QED) is 0.564. The second-order valence-electron chi connectivity index (χ2n) is 8.48. The van der Waals surface area contributed by atoms with Crippen molar-refractivity contribution in [2.75, 3.05) is 45.3 Å². The predicted octanol–water partition coefficient (Wildman–Crippen LogP) is 3.98. The average molecular weight is 449 g/mol. The standard InChI is InChI=1S/C25H28N4O4/c1-31-21-11-8-19(16-22(21)32-2)25(30)29-14-12-28(13-15-29)20-9-6-17(7-10-20)23-26-24(33-27-23)18-4-3-5-18/h6-11,16,18H,3-5,12-15H2,1-2H3. The summed E-state index contributed by atoms with van der Waals surface area (Å²) in [6.07, 6.45) is 3.52. The molecule has 1 amide bonds. The van der Waals surface area contributed by atoms with Crippen molar-refractivity contribution in [2.45, 2.75) is 25.2 Å². The summed E-state index contributed by atoms with van der Waals surface area (Å²) < 4.78 is 16.0. The van der Waals surface area contributed by atoms with Crippen LogP contribution in [0.4, 0.5) is 5.69 Å². The minimum Gasteiger partial charge on any atom is -0.493 e. The van der Waals surface area contributed by atoms with Crippen LogP contribution in [0.1, 0.15) is 41.4 Å². The topological polar surface area (TPSA) is 80.9 Å². The van der Waals surface area contributed by atoms with E-state index in [0.717, 1.165) is 43.1 Å². The summed E-state index contributed by atoms with van der Waals surface area (Å²) in [5.41, 5.74) is 2.68. The summed E-state index contributed by atoms with van der Waals surface area (Å²) in [6, 6.07) is 13.5. The SMILES string of the molecule is COc1ccc(C(=O)N2CCN(c3ccc(-c4noc(C5CCC5)n4)cc3)CC2)cc1OC. The van der Waals surface area contributed by atoms with Gasteiger partial charge < -0.3 is 23.8 Å². The van der Waals surface area contributed by atoms with Gasteiger partial charge in [0.15, 0.2) is 11.5 Å². The number of anilines is 1. The van der Waals surface area contributed by atoms with Crippen LogP contribution in [0, 0.1) is 0 Å². The van der Waals surface area contributed by atoms with Crippen LogP contribution in [0.25, 0.3) is 11.4 Å². The first kappa shape index (κ1) is 21.3. The van der Waals surface area contributed by atoms with Crippen molar-refractivity contribution >= 4 is 11.6 Å². The van der Waals surface area contributed by atoms with Crippen molar-refractivity contribution in [1.82, 2.24) is 15.0 Å². The zero-order chi connectivity index (χ0) is 22.8. The summed E-state index contributed by atoms with van der Waals surface area (Å²) in [5, 5.41) is 4.15. The number of hydrogen-bond donors (Lipinski definition) is 0. The Morgan fingerprint density at radius 3 is 2.33 bits per heavy atom. The van der Waals surface area contributed by atoms with E-state index in [0.29, 0.717) is 41.9 Å². The van der Waals surface area contributed by atoms with Crippen LogP contribution in [0.15, 0.2) is 47.0 Å². The second kappa shape index (κ2) is 9.13. The molecular formula is C25H28N4O4. The fraction of sp³-hybridized carbons (Fsp3) is 0.400. The number of methoxy groups -OCH3 is 2. The Labute approximate surface area is 193 Å². The Bertz CT molecular complexity index is 1120. The molecule has 2 aliphatic rings. The molecule has 0 radical (unpaired) electrons. The van der Waals surface area contributed by atoms with Crippen LogP contribution >= 0.6 is 0 Å². The van der Waals surface area contributed by atoms with Gasteiger partial charge in [-0.25, -0.2) is 0 Å². The minimum atomic E-state index is 0.00493. The molecule has 3 aromatic rings. The molecule has 0 spiro atoms. The molecule has 2 aromatic carbocycles. The van der Waals surface area contributed by atoms with Gasteiger partial charge in [0.1, 0.15) is 0 Å². The third-order valence-electron chi connectivity index (χ3n) is 6.58. The molecule has 1 aliphatic heterocycles. The Morgan fingerprint density at radius 1 is 0.970 bits per heavy atom. The lowest BCUT2D eigenvalue weighted by molar-refractivity contribution is 0.0746. The number of ether oxygens (including phenoxy) is 2. The number of carbonyl (C=O) groups excluding carboxylic acids is 1. The molecule has 0 unspecified atom stereocenters. The van der Waals surface area contributed by atoms with Gasteiger partial charge in [-0.2, -0.15) is 4.98 Å². The average Bonchev–Trinajstić information content (AvgIpc) is 3.31. The van der Waals surface area contributed by atoms with Crippen LogP contribution < -0.4 is 14.4 Å². The highest BCUT2D eigenvalue weighted by Crippen LogP contribution is 2.36. The molecule has 1 saturated carbocycles. The number of nitrogens with zero attached hydrogens (tertiary/aromatic N) is 4. The molecule has 1 aliphatic carbocycles. The molecule has 5 rings (SSSR count). The lowest BCUT2D eigenvalue weighted by atomic mass is 9.85. The van der Waals surface area contributed by atoms with Crippen molar-refractivity contribution in [2.24, 2.45) is 0 Å². The van der Waals surface area contributed by atoms with E-state index in [-0.39, 0.29) is 5.91 Å². The van der Waals surface area contributed by atoms with Crippen LogP contribution in [-0.2, 0) is 0 Å². The van der Waals surface area contributed by atoms with E-state index in [1.807, 2.05) is 17.0 Å².